The second kappa shape index (κ2) is 9.72. The monoisotopic (exact) mass is 447 g/mol. The molecule has 1 aliphatic heterocycles. The van der Waals surface area contributed by atoms with Crippen molar-refractivity contribution in [2.45, 2.75) is 56.6 Å². The normalized spacial score (nSPS) is 19.6. The van der Waals surface area contributed by atoms with E-state index in [-0.39, 0.29) is 25.0 Å². The highest BCUT2D eigenvalue weighted by molar-refractivity contribution is 7.80. The molecule has 1 saturated carbocycles. The third-order valence-electron chi connectivity index (χ3n) is 5.76. The zero-order valence-electron chi connectivity index (χ0n) is 17.3. The molecule has 0 unspecified atom stereocenters. The Labute approximate surface area is 186 Å². The maximum atomic E-state index is 13.4. The van der Waals surface area contributed by atoms with Crippen molar-refractivity contribution in [3.63, 3.8) is 0 Å². The largest absolute Gasteiger partial charge is 0.490 e. The molecule has 0 bridgehead atoms. The zero-order valence-corrected chi connectivity index (χ0v) is 18.1. The van der Waals surface area contributed by atoms with Gasteiger partial charge < -0.3 is 20.3 Å². The van der Waals surface area contributed by atoms with E-state index in [0.717, 1.165) is 37.4 Å². The molecule has 31 heavy (non-hydrogen) atoms. The summed E-state index contributed by atoms with van der Waals surface area (Å²) in [5.41, 5.74) is 0.861. The molecule has 0 radical (unpaired) electrons. The first-order valence-corrected chi connectivity index (χ1v) is 11.1. The van der Waals surface area contributed by atoms with Crippen LogP contribution in [-0.2, 0) is 0 Å². The number of halogens is 2. The average molecular weight is 448 g/mol. The number of thiocarbonyl (C=S) groups is 1. The summed E-state index contributed by atoms with van der Waals surface area (Å²) in [6.07, 6.45) is 7.44. The van der Waals surface area contributed by atoms with Crippen molar-refractivity contribution in [2.24, 2.45) is 0 Å². The zero-order chi connectivity index (χ0) is 21.7. The van der Waals surface area contributed by atoms with Crippen molar-refractivity contribution in [1.82, 2.24) is 15.3 Å². The fourth-order valence-electron chi connectivity index (χ4n) is 4.01. The topological polar surface area (TPSA) is 62.3 Å². The van der Waals surface area contributed by atoms with E-state index in [1.807, 2.05) is 18.2 Å². The number of ether oxygens (including phenoxy) is 1. The van der Waals surface area contributed by atoms with E-state index < -0.39 is 5.92 Å². The molecular weight excluding hydrogens is 420 g/mol. The van der Waals surface area contributed by atoms with E-state index in [1.165, 1.54) is 0 Å². The molecule has 6 nitrogen and oxygen atoms in total. The molecule has 2 aromatic heterocycles. The predicted molar refractivity (Wildman–Crippen MR) is 121 cm³/mol. The molecule has 1 saturated heterocycles. The fourth-order valence-corrected chi connectivity index (χ4v) is 4.30. The molecule has 2 aromatic rings. The Morgan fingerprint density at radius 1 is 1.13 bits per heavy atom. The first-order valence-electron chi connectivity index (χ1n) is 10.7. The minimum Gasteiger partial charge on any atom is -0.490 e. The van der Waals surface area contributed by atoms with E-state index in [2.05, 4.69) is 25.5 Å². The molecular formula is C22H27F2N5OS. The van der Waals surface area contributed by atoms with Crippen LogP contribution >= 0.6 is 12.2 Å². The summed E-state index contributed by atoms with van der Waals surface area (Å²) in [5, 5.41) is 7.12. The van der Waals surface area contributed by atoms with E-state index >= 15 is 0 Å². The van der Waals surface area contributed by atoms with Gasteiger partial charge in [-0.1, -0.05) is 0 Å². The fraction of sp³-hybridized carbons (Fsp3) is 0.500. The van der Waals surface area contributed by atoms with Crippen LogP contribution in [0.25, 0.3) is 0 Å². The molecule has 3 heterocycles. The predicted octanol–water partition coefficient (Wildman–Crippen LogP) is 4.39. The third-order valence-corrected chi connectivity index (χ3v) is 5.98. The lowest BCUT2D eigenvalue weighted by Crippen LogP contribution is -2.46. The highest BCUT2D eigenvalue weighted by atomic mass is 32.1. The second-order valence-electron chi connectivity index (χ2n) is 8.12. The number of hydrogen-bond donors (Lipinski definition) is 2. The Bertz CT molecular complexity index is 867. The lowest BCUT2D eigenvalue weighted by atomic mass is 9.94. The maximum absolute atomic E-state index is 13.4. The van der Waals surface area contributed by atoms with E-state index in [1.54, 1.807) is 24.7 Å². The van der Waals surface area contributed by atoms with E-state index in [4.69, 9.17) is 17.0 Å². The van der Waals surface area contributed by atoms with Crippen LogP contribution in [0.2, 0.25) is 0 Å². The standard InChI is InChI=1S/C22H27F2N5OS/c23-22(24)8-3-18(4-9-22)30-19-5-11-26-20(14-19)29-12-6-16(7-13-29)27-21(31)28-17-2-1-10-25-15-17/h1-2,5,10-11,14-16,18H,3-4,6-9,12-13H2,(H2,27,28,31). The van der Waals surface area contributed by atoms with Crippen LogP contribution in [0.15, 0.2) is 42.9 Å². The molecule has 2 N–H and O–H groups in total. The van der Waals surface area contributed by atoms with Crippen LogP contribution in [0.1, 0.15) is 38.5 Å². The van der Waals surface area contributed by atoms with Gasteiger partial charge in [0, 0.05) is 50.4 Å². The van der Waals surface area contributed by atoms with Crippen molar-refractivity contribution in [2.75, 3.05) is 23.3 Å². The minimum absolute atomic E-state index is 0.104. The molecule has 2 fully saturated rings. The molecule has 9 heteroatoms. The second-order valence-corrected chi connectivity index (χ2v) is 8.53. The van der Waals surface area contributed by atoms with Crippen LogP contribution in [0, 0.1) is 0 Å². The van der Waals surface area contributed by atoms with Gasteiger partial charge in [0.05, 0.1) is 18.0 Å². The number of nitrogens with one attached hydrogen (secondary N) is 2. The van der Waals surface area contributed by atoms with Gasteiger partial charge >= 0.3 is 0 Å². The SMILES string of the molecule is FC1(F)CCC(Oc2ccnc(N3CCC(NC(=S)Nc4cccnc4)CC3)c2)CC1. The number of hydrogen-bond acceptors (Lipinski definition) is 5. The first-order chi connectivity index (χ1) is 15.0. The van der Waals surface area contributed by atoms with Crippen molar-refractivity contribution in [3.8, 4) is 5.75 Å². The number of pyridine rings is 2. The first kappa shape index (κ1) is 21.7. The lowest BCUT2D eigenvalue weighted by Gasteiger charge is -2.34. The third kappa shape index (κ3) is 6.22. The Morgan fingerprint density at radius 3 is 2.61 bits per heavy atom. The lowest BCUT2D eigenvalue weighted by molar-refractivity contribution is -0.0582. The molecule has 0 aromatic carbocycles. The number of rotatable bonds is 5. The quantitative estimate of drug-likeness (QED) is 0.659. The highest BCUT2D eigenvalue weighted by Crippen LogP contribution is 2.35. The molecule has 0 spiro atoms. The average Bonchev–Trinajstić information content (AvgIpc) is 2.77. The summed E-state index contributed by atoms with van der Waals surface area (Å²) < 4.78 is 32.7. The molecule has 2 aliphatic rings. The summed E-state index contributed by atoms with van der Waals surface area (Å²) >= 11 is 5.41. The van der Waals surface area contributed by atoms with Gasteiger partial charge in [-0.25, -0.2) is 13.8 Å². The summed E-state index contributed by atoms with van der Waals surface area (Å²) in [4.78, 5) is 10.8. The van der Waals surface area contributed by atoms with Gasteiger partial charge in [-0.2, -0.15) is 0 Å². The van der Waals surface area contributed by atoms with Gasteiger partial charge in [-0.3, -0.25) is 4.98 Å². The Morgan fingerprint density at radius 2 is 1.90 bits per heavy atom. The van der Waals surface area contributed by atoms with Gasteiger partial charge in [-0.05, 0) is 56.1 Å². The van der Waals surface area contributed by atoms with Crippen molar-refractivity contribution in [1.29, 1.82) is 0 Å². The van der Waals surface area contributed by atoms with Crippen molar-refractivity contribution < 1.29 is 13.5 Å². The van der Waals surface area contributed by atoms with Crippen LogP contribution in [0.3, 0.4) is 0 Å². The Hall–Kier alpha value is -2.55. The maximum Gasteiger partial charge on any atom is 0.248 e. The number of anilines is 2. The van der Waals surface area contributed by atoms with Crippen LogP contribution in [0.4, 0.5) is 20.3 Å². The molecule has 0 amide bonds. The van der Waals surface area contributed by atoms with Crippen molar-refractivity contribution in [3.05, 3.63) is 42.9 Å². The number of alkyl halides is 2. The highest BCUT2D eigenvalue weighted by Gasteiger charge is 2.35. The summed E-state index contributed by atoms with van der Waals surface area (Å²) in [6, 6.07) is 7.78. The summed E-state index contributed by atoms with van der Waals surface area (Å²) in [7, 11) is 0. The molecule has 166 valence electrons. The Balaban J connectivity index is 1.25. The number of aromatic nitrogens is 2. The van der Waals surface area contributed by atoms with Gasteiger partial charge in [0.2, 0.25) is 5.92 Å². The van der Waals surface area contributed by atoms with E-state index in [9.17, 15) is 8.78 Å². The van der Waals surface area contributed by atoms with Crippen LogP contribution in [0.5, 0.6) is 5.75 Å². The van der Waals surface area contributed by atoms with E-state index in [0.29, 0.717) is 23.7 Å². The summed E-state index contributed by atoms with van der Waals surface area (Å²) in [5.74, 6) is -0.993. The van der Waals surface area contributed by atoms with Gasteiger partial charge in [0.25, 0.3) is 0 Å². The minimum atomic E-state index is -2.54. The summed E-state index contributed by atoms with van der Waals surface area (Å²) in [6.45, 7) is 1.69. The smallest absolute Gasteiger partial charge is 0.248 e. The van der Waals surface area contributed by atoms with Gasteiger partial charge in [0.15, 0.2) is 5.11 Å². The van der Waals surface area contributed by atoms with Gasteiger partial charge in [0.1, 0.15) is 11.6 Å². The van der Waals surface area contributed by atoms with Crippen LogP contribution in [-0.4, -0.2) is 46.2 Å². The van der Waals surface area contributed by atoms with Crippen LogP contribution < -0.4 is 20.3 Å². The Kier molecular flexibility index (Phi) is 6.80. The molecule has 0 atom stereocenters. The number of piperidine rings is 1. The number of nitrogens with zero attached hydrogens (tertiary/aromatic N) is 3. The molecule has 4 rings (SSSR count). The van der Waals surface area contributed by atoms with Crippen molar-refractivity contribution >= 4 is 28.8 Å². The molecule has 1 aliphatic carbocycles. The van der Waals surface area contributed by atoms with Gasteiger partial charge in [-0.15, -0.1) is 0 Å².